The Morgan fingerprint density at radius 1 is 0.900 bits per heavy atom. The topological polar surface area (TPSA) is 66.6 Å². The molecule has 2 heterocycles. The fourth-order valence-electron chi connectivity index (χ4n) is 3.16. The van der Waals surface area contributed by atoms with E-state index in [0.29, 0.717) is 6.54 Å². The highest BCUT2D eigenvalue weighted by atomic mass is 16.2. The van der Waals surface area contributed by atoms with Crippen molar-refractivity contribution in [1.29, 1.82) is 0 Å². The predicted molar refractivity (Wildman–Crippen MR) is 78.0 cm³/mol. The van der Waals surface area contributed by atoms with Gasteiger partial charge < -0.3 is 10.6 Å². The van der Waals surface area contributed by atoms with Crippen LogP contribution in [0.1, 0.15) is 44.9 Å². The van der Waals surface area contributed by atoms with Crippen molar-refractivity contribution >= 4 is 11.8 Å². The third kappa shape index (κ3) is 4.47. The fraction of sp³-hybridized carbons (Fsp3) is 0.867. The number of carbonyl (C=O) groups excluding carboxylic acids is 2. The van der Waals surface area contributed by atoms with Crippen LogP contribution >= 0.6 is 0 Å². The average molecular weight is 281 g/mol. The van der Waals surface area contributed by atoms with Gasteiger partial charge in [-0.15, -0.1) is 0 Å². The monoisotopic (exact) mass is 281 g/mol. The second kappa shape index (κ2) is 7.62. The Labute approximate surface area is 121 Å². The standard InChI is InChI=1S/C15H27N3O2/c16-15(20)13-6-10-17(11-7-13)12-14(19)18-8-4-2-1-3-5-9-18/h13H,1-12H2,(H2,16,20). The maximum atomic E-state index is 12.3. The maximum Gasteiger partial charge on any atom is 0.236 e. The average Bonchev–Trinajstić information content (AvgIpc) is 2.38. The van der Waals surface area contributed by atoms with Gasteiger partial charge in [0, 0.05) is 19.0 Å². The summed E-state index contributed by atoms with van der Waals surface area (Å²) >= 11 is 0. The molecule has 0 aromatic rings. The molecule has 0 aliphatic carbocycles. The molecule has 0 radical (unpaired) electrons. The zero-order valence-electron chi connectivity index (χ0n) is 12.4. The highest BCUT2D eigenvalue weighted by Gasteiger charge is 2.25. The summed E-state index contributed by atoms with van der Waals surface area (Å²) in [5.41, 5.74) is 5.33. The molecule has 5 heteroatoms. The Kier molecular flexibility index (Phi) is 5.83. The number of hydrogen-bond acceptors (Lipinski definition) is 3. The number of primary amides is 1. The van der Waals surface area contributed by atoms with Gasteiger partial charge in [0.15, 0.2) is 0 Å². The summed E-state index contributed by atoms with van der Waals surface area (Å²) in [4.78, 5) is 27.7. The fourth-order valence-corrected chi connectivity index (χ4v) is 3.16. The van der Waals surface area contributed by atoms with Crippen molar-refractivity contribution in [2.75, 3.05) is 32.7 Å². The first-order valence-corrected chi connectivity index (χ1v) is 7.96. The molecular weight excluding hydrogens is 254 g/mol. The van der Waals surface area contributed by atoms with Crippen molar-refractivity contribution < 1.29 is 9.59 Å². The van der Waals surface area contributed by atoms with Crippen molar-refractivity contribution in [3.63, 3.8) is 0 Å². The van der Waals surface area contributed by atoms with Gasteiger partial charge in [-0.05, 0) is 38.8 Å². The summed E-state index contributed by atoms with van der Waals surface area (Å²) < 4.78 is 0. The second-order valence-electron chi connectivity index (χ2n) is 6.10. The van der Waals surface area contributed by atoms with Crippen molar-refractivity contribution in [2.24, 2.45) is 11.7 Å². The van der Waals surface area contributed by atoms with Crippen molar-refractivity contribution in [1.82, 2.24) is 9.80 Å². The summed E-state index contributed by atoms with van der Waals surface area (Å²) in [6, 6.07) is 0. The molecule has 2 N–H and O–H groups in total. The van der Waals surface area contributed by atoms with E-state index in [1.54, 1.807) is 0 Å². The molecule has 2 aliphatic heterocycles. The van der Waals surface area contributed by atoms with Gasteiger partial charge in [0.1, 0.15) is 0 Å². The predicted octanol–water partition coefficient (Wildman–Crippen LogP) is 0.976. The first-order valence-electron chi connectivity index (χ1n) is 7.96. The quantitative estimate of drug-likeness (QED) is 0.838. The molecule has 5 nitrogen and oxygen atoms in total. The number of hydrogen-bond donors (Lipinski definition) is 1. The largest absolute Gasteiger partial charge is 0.369 e. The molecule has 0 bridgehead atoms. The van der Waals surface area contributed by atoms with Gasteiger partial charge in [0.05, 0.1) is 6.54 Å². The maximum absolute atomic E-state index is 12.3. The number of piperidine rings is 1. The lowest BCUT2D eigenvalue weighted by Crippen LogP contribution is -2.45. The molecule has 20 heavy (non-hydrogen) atoms. The van der Waals surface area contributed by atoms with E-state index in [9.17, 15) is 9.59 Å². The molecule has 2 rings (SSSR count). The van der Waals surface area contributed by atoms with Crippen molar-refractivity contribution in [3.05, 3.63) is 0 Å². The van der Waals surface area contributed by atoms with E-state index in [2.05, 4.69) is 4.90 Å². The third-order valence-electron chi connectivity index (χ3n) is 4.56. The second-order valence-corrected chi connectivity index (χ2v) is 6.10. The highest BCUT2D eigenvalue weighted by Crippen LogP contribution is 2.17. The Balaban J connectivity index is 1.75. The molecule has 0 spiro atoms. The van der Waals surface area contributed by atoms with Crippen molar-refractivity contribution in [2.45, 2.75) is 44.9 Å². The van der Waals surface area contributed by atoms with E-state index >= 15 is 0 Å². The van der Waals surface area contributed by atoms with E-state index in [1.807, 2.05) is 4.90 Å². The van der Waals surface area contributed by atoms with E-state index in [-0.39, 0.29) is 17.7 Å². The summed E-state index contributed by atoms with van der Waals surface area (Å²) in [6.45, 7) is 3.96. The van der Waals surface area contributed by atoms with Crippen LogP contribution in [0.15, 0.2) is 0 Å². The van der Waals surface area contributed by atoms with Crippen LogP contribution in [0.4, 0.5) is 0 Å². The van der Waals surface area contributed by atoms with Gasteiger partial charge in [-0.25, -0.2) is 0 Å². The Hall–Kier alpha value is -1.10. The molecule has 2 fully saturated rings. The molecule has 2 amide bonds. The molecular formula is C15H27N3O2. The molecule has 114 valence electrons. The summed E-state index contributed by atoms with van der Waals surface area (Å²) in [6.07, 6.45) is 7.65. The van der Waals surface area contributed by atoms with Crippen molar-refractivity contribution in [3.8, 4) is 0 Å². The first-order chi connectivity index (χ1) is 9.66. The number of likely N-dealkylation sites (tertiary alicyclic amines) is 2. The minimum absolute atomic E-state index is 0.00283. The highest BCUT2D eigenvalue weighted by molar-refractivity contribution is 5.78. The first kappa shape index (κ1) is 15.3. The summed E-state index contributed by atoms with van der Waals surface area (Å²) in [5, 5.41) is 0. The van der Waals surface area contributed by atoms with Crippen LogP contribution < -0.4 is 5.73 Å². The lowest BCUT2D eigenvalue weighted by Gasteiger charge is -2.32. The normalized spacial score (nSPS) is 23.1. The number of amides is 2. The van der Waals surface area contributed by atoms with Crippen LogP contribution in [0.2, 0.25) is 0 Å². The van der Waals surface area contributed by atoms with Crippen LogP contribution in [0.25, 0.3) is 0 Å². The van der Waals surface area contributed by atoms with Gasteiger partial charge in [-0.1, -0.05) is 19.3 Å². The SMILES string of the molecule is NC(=O)C1CCN(CC(=O)N2CCCCCCC2)CC1. The van der Waals surface area contributed by atoms with E-state index < -0.39 is 0 Å². The molecule has 0 unspecified atom stereocenters. The summed E-state index contributed by atoms with van der Waals surface area (Å²) in [5.74, 6) is 0.0622. The lowest BCUT2D eigenvalue weighted by molar-refractivity contribution is -0.133. The van der Waals surface area contributed by atoms with E-state index in [0.717, 1.165) is 51.9 Å². The molecule has 2 aliphatic rings. The summed E-state index contributed by atoms with van der Waals surface area (Å²) in [7, 11) is 0. The minimum atomic E-state index is -0.195. The van der Waals surface area contributed by atoms with Crippen LogP contribution in [-0.4, -0.2) is 54.3 Å². The minimum Gasteiger partial charge on any atom is -0.369 e. The zero-order valence-corrected chi connectivity index (χ0v) is 12.4. The van der Waals surface area contributed by atoms with Gasteiger partial charge >= 0.3 is 0 Å². The molecule has 2 saturated heterocycles. The molecule has 0 aromatic heterocycles. The number of carbonyl (C=O) groups is 2. The molecule has 0 saturated carbocycles. The van der Waals surface area contributed by atoms with Gasteiger partial charge in [-0.3, -0.25) is 14.5 Å². The van der Waals surface area contributed by atoms with Crippen LogP contribution in [0, 0.1) is 5.92 Å². The van der Waals surface area contributed by atoms with Crippen LogP contribution in [0.5, 0.6) is 0 Å². The van der Waals surface area contributed by atoms with E-state index in [4.69, 9.17) is 5.73 Å². The zero-order chi connectivity index (χ0) is 14.4. The third-order valence-corrected chi connectivity index (χ3v) is 4.56. The number of nitrogens with zero attached hydrogens (tertiary/aromatic N) is 2. The van der Waals surface area contributed by atoms with Gasteiger partial charge in [-0.2, -0.15) is 0 Å². The van der Waals surface area contributed by atoms with Gasteiger partial charge in [0.2, 0.25) is 11.8 Å². The lowest BCUT2D eigenvalue weighted by atomic mass is 9.96. The van der Waals surface area contributed by atoms with Crippen LogP contribution in [-0.2, 0) is 9.59 Å². The number of rotatable bonds is 3. The Bertz CT molecular complexity index is 330. The van der Waals surface area contributed by atoms with E-state index in [1.165, 1.54) is 19.3 Å². The smallest absolute Gasteiger partial charge is 0.236 e. The Morgan fingerprint density at radius 2 is 1.45 bits per heavy atom. The van der Waals surface area contributed by atoms with Gasteiger partial charge in [0.25, 0.3) is 0 Å². The van der Waals surface area contributed by atoms with Crippen LogP contribution in [0.3, 0.4) is 0 Å². The number of nitrogens with two attached hydrogens (primary N) is 1. The Morgan fingerprint density at radius 3 is 2.00 bits per heavy atom. The molecule has 0 atom stereocenters. The molecule has 0 aromatic carbocycles.